The van der Waals surface area contributed by atoms with E-state index in [1.54, 1.807) is 43.3 Å². The second-order valence-electron chi connectivity index (χ2n) is 6.62. The van der Waals surface area contributed by atoms with E-state index in [-0.39, 0.29) is 27.6 Å². The number of aromatic amines is 1. The minimum Gasteiger partial charge on any atom is -0.494 e. The summed E-state index contributed by atoms with van der Waals surface area (Å²) in [6.07, 6.45) is 1.19. The Labute approximate surface area is 185 Å². The van der Waals surface area contributed by atoms with Crippen LogP contribution in [0.3, 0.4) is 0 Å². The summed E-state index contributed by atoms with van der Waals surface area (Å²) in [5, 5.41) is 16.6. The molecule has 156 valence electrons. The lowest BCUT2D eigenvalue weighted by atomic mass is 10.1. The van der Waals surface area contributed by atoms with Gasteiger partial charge in [0.15, 0.2) is 0 Å². The highest BCUT2D eigenvalue weighted by atomic mass is 35.5. The van der Waals surface area contributed by atoms with E-state index < -0.39 is 23.0 Å². The van der Waals surface area contributed by atoms with Gasteiger partial charge in [-0.3, -0.25) is 14.6 Å². The molecule has 0 fully saturated rings. The molecule has 3 aromatic rings. The van der Waals surface area contributed by atoms with Crippen molar-refractivity contribution < 1.29 is 9.90 Å². The van der Waals surface area contributed by atoms with E-state index in [1.165, 1.54) is 18.2 Å². The molecule has 1 aliphatic rings. The number of halogens is 2. The summed E-state index contributed by atoms with van der Waals surface area (Å²) in [7, 11) is 0. The van der Waals surface area contributed by atoms with Gasteiger partial charge in [0.25, 0.3) is 11.5 Å². The average molecular weight is 457 g/mol. The zero-order valence-corrected chi connectivity index (χ0v) is 17.5. The third-order valence-electron chi connectivity index (χ3n) is 4.62. The Morgan fingerprint density at radius 2 is 1.77 bits per heavy atom. The molecule has 1 amide bonds. The Kier molecular flexibility index (Phi) is 5.26. The largest absolute Gasteiger partial charge is 0.494 e. The van der Waals surface area contributed by atoms with Gasteiger partial charge < -0.3 is 5.11 Å². The number of hydrogen-bond acceptors (Lipinski definition) is 5. The number of H-pyrrole nitrogens is 1. The van der Waals surface area contributed by atoms with Crippen molar-refractivity contribution >= 4 is 46.6 Å². The second kappa shape index (κ2) is 7.90. The number of hydrogen-bond donors (Lipinski definition) is 2. The van der Waals surface area contributed by atoms with E-state index in [2.05, 4.69) is 10.1 Å². The van der Waals surface area contributed by atoms with Gasteiger partial charge >= 0.3 is 5.69 Å². The Morgan fingerprint density at radius 1 is 1.06 bits per heavy atom. The molecule has 0 spiro atoms. The number of amides is 1. The van der Waals surface area contributed by atoms with Crippen molar-refractivity contribution in [1.82, 2.24) is 9.55 Å². The van der Waals surface area contributed by atoms with Gasteiger partial charge in [-0.1, -0.05) is 41.4 Å². The molecule has 10 heteroatoms. The molecule has 0 bridgehead atoms. The van der Waals surface area contributed by atoms with E-state index in [1.807, 2.05) is 0 Å². The smallest absolute Gasteiger partial charge is 0.335 e. The molecule has 2 aromatic carbocycles. The summed E-state index contributed by atoms with van der Waals surface area (Å²) in [6, 6.07) is 12.9. The van der Waals surface area contributed by atoms with Crippen molar-refractivity contribution in [1.29, 1.82) is 0 Å². The Hall–Kier alpha value is -3.62. The van der Waals surface area contributed by atoms with Crippen molar-refractivity contribution in [3.63, 3.8) is 0 Å². The molecule has 1 aliphatic heterocycles. The number of rotatable bonds is 3. The first-order valence-electron chi connectivity index (χ1n) is 8.98. The van der Waals surface area contributed by atoms with Crippen molar-refractivity contribution in [2.24, 2.45) is 5.10 Å². The Balaban J connectivity index is 1.84. The van der Waals surface area contributed by atoms with Gasteiger partial charge in [-0.05, 0) is 43.3 Å². The Morgan fingerprint density at radius 3 is 2.48 bits per heavy atom. The van der Waals surface area contributed by atoms with Gasteiger partial charge in [-0.15, -0.1) is 0 Å². The second-order valence-corrected chi connectivity index (χ2v) is 7.47. The van der Waals surface area contributed by atoms with E-state index >= 15 is 0 Å². The lowest BCUT2D eigenvalue weighted by Crippen LogP contribution is -2.30. The van der Waals surface area contributed by atoms with Crippen LogP contribution >= 0.6 is 23.2 Å². The highest BCUT2D eigenvalue weighted by molar-refractivity contribution is 6.38. The van der Waals surface area contributed by atoms with Gasteiger partial charge in [-0.25, -0.2) is 9.36 Å². The first-order chi connectivity index (χ1) is 14.8. The summed E-state index contributed by atoms with van der Waals surface area (Å²) < 4.78 is 0.936. The topological polar surface area (TPSA) is 108 Å². The molecular formula is C21H14Cl2N4O4. The predicted octanol–water partition coefficient (Wildman–Crippen LogP) is 3.34. The molecule has 0 radical (unpaired) electrons. The lowest BCUT2D eigenvalue weighted by Gasteiger charge is -2.14. The zero-order chi connectivity index (χ0) is 22.3. The molecule has 0 saturated carbocycles. The highest BCUT2D eigenvalue weighted by Crippen LogP contribution is 2.33. The predicted molar refractivity (Wildman–Crippen MR) is 119 cm³/mol. The number of carbonyl (C=O) groups excluding carboxylic acids is 1. The van der Waals surface area contributed by atoms with Crippen LogP contribution in [0.1, 0.15) is 12.5 Å². The number of aromatic nitrogens is 2. The summed E-state index contributed by atoms with van der Waals surface area (Å²) >= 11 is 12.2. The van der Waals surface area contributed by atoms with Crippen LogP contribution in [0.15, 0.2) is 68.8 Å². The molecule has 2 N–H and O–H groups in total. The standard InChI is InChI=1S/C21H14Cl2N4O4/c1-11-14(20(30)27(25-11)17-9-12(22)7-8-16(17)23)10-15-18(28)24-21(31)26(19(15)29)13-5-3-2-4-6-13/h2-10,29H,1H3,(H,24,28,31)/b14-10-. The third kappa shape index (κ3) is 3.67. The number of carbonyl (C=O) groups is 1. The molecule has 0 saturated heterocycles. The molecule has 0 aliphatic carbocycles. The fourth-order valence-corrected chi connectivity index (χ4v) is 3.49. The van der Waals surface area contributed by atoms with E-state index in [0.717, 1.165) is 9.58 Å². The summed E-state index contributed by atoms with van der Waals surface area (Å²) in [4.78, 5) is 39.9. The number of nitrogens with one attached hydrogen (secondary N) is 1. The van der Waals surface area contributed by atoms with Crippen molar-refractivity contribution in [2.45, 2.75) is 6.92 Å². The quantitative estimate of drug-likeness (QED) is 0.589. The summed E-state index contributed by atoms with van der Waals surface area (Å²) in [5.74, 6) is -1.18. The van der Waals surface area contributed by atoms with Crippen LogP contribution in [0, 0.1) is 0 Å². The minimum absolute atomic E-state index is 0.0510. The number of nitrogens with zero attached hydrogens (tertiary/aromatic N) is 3. The van der Waals surface area contributed by atoms with Crippen LogP contribution in [-0.2, 0) is 4.79 Å². The van der Waals surface area contributed by atoms with Crippen molar-refractivity contribution in [3.05, 3.63) is 90.6 Å². The maximum Gasteiger partial charge on any atom is 0.335 e. The summed E-state index contributed by atoms with van der Waals surface area (Å²) in [5.41, 5.74) is -0.966. The van der Waals surface area contributed by atoms with Crippen LogP contribution in [0.2, 0.25) is 10.0 Å². The summed E-state index contributed by atoms with van der Waals surface area (Å²) in [6.45, 7) is 1.57. The maximum absolute atomic E-state index is 13.0. The molecule has 31 heavy (non-hydrogen) atoms. The van der Waals surface area contributed by atoms with Gasteiger partial charge in [0.05, 0.1) is 27.7 Å². The third-order valence-corrected chi connectivity index (χ3v) is 5.18. The molecule has 1 aromatic heterocycles. The fourth-order valence-electron chi connectivity index (χ4n) is 3.13. The number of benzene rings is 2. The highest BCUT2D eigenvalue weighted by Gasteiger charge is 2.31. The van der Waals surface area contributed by atoms with Crippen molar-refractivity contribution in [2.75, 3.05) is 5.01 Å². The van der Waals surface area contributed by atoms with Crippen LogP contribution in [0.25, 0.3) is 11.8 Å². The zero-order valence-electron chi connectivity index (χ0n) is 16.0. The fraction of sp³-hybridized carbons (Fsp3) is 0.0476. The average Bonchev–Trinajstić information content (AvgIpc) is 3.01. The molecule has 4 rings (SSSR count). The first-order valence-corrected chi connectivity index (χ1v) is 9.74. The number of hydrazone groups is 1. The van der Waals surface area contributed by atoms with Crippen LogP contribution in [-0.4, -0.2) is 26.3 Å². The van der Waals surface area contributed by atoms with Crippen LogP contribution in [0.4, 0.5) is 5.69 Å². The van der Waals surface area contributed by atoms with E-state index in [0.29, 0.717) is 10.7 Å². The minimum atomic E-state index is -0.845. The molecular weight excluding hydrogens is 443 g/mol. The van der Waals surface area contributed by atoms with E-state index in [4.69, 9.17) is 23.2 Å². The van der Waals surface area contributed by atoms with Crippen LogP contribution < -0.4 is 16.3 Å². The first kappa shape index (κ1) is 20.6. The monoisotopic (exact) mass is 456 g/mol. The van der Waals surface area contributed by atoms with Gasteiger partial charge in [0.1, 0.15) is 5.56 Å². The SMILES string of the molecule is CC1=NN(c2cc(Cl)ccc2Cl)C(=O)/C1=C\c1c(O)n(-c2ccccc2)c(=O)[nH]c1=O. The Bertz CT molecular complexity index is 1390. The molecule has 2 heterocycles. The number of aromatic hydroxyl groups is 1. The number of para-hydroxylation sites is 1. The molecule has 0 atom stereocenters. The van der Waals surface area contributed by atoms with Gasteiger partial charge in [-0.2, -0.15) is 10.1 Å². The maximum atomic E-state index is 13.0. The molecule has 0 unspecified atom stereocenters. The normalized spacial score (nSPS) is 14.9. The van der Waals surface area contributed by atoms with E-state index in [9.17, 15) is 19.5 Å². The van der Waals surface area contributed by atoms with Gasteiger partial charge in [0.2, 0.25) is 5.88 Å². The van der Waals surface area contributed by atoms with Gasteiger partial charge in [0, 0.05) is 5.02 Å². The molecule has 8 nitrogen and oxygen atoms in total. The number of anilines is 1. The van der Waals surface area contributed by atoms with Crippen molar-refractivity contribution in [3.8, 4) is 11.6 Å². The lowest BCUT2D eigenvalue weighted by molar-refractivity contribution is -0.114. The van der Waals surface area contributed by atoms with Crippen LogP contribution in [0.5, 0.6) is 5.88 Å².